The van der Waals surface area contributed by atoms with E-state index >= 15 is 0 Å². The standard InChI is InChI=1S/C6H9.BrH.Mg/c1-2-4-6-5-3-1;;/h1H,2,4-6H2;1H;/q;;+1/p-1. The van der Waals surface area contributed by atoms with Gasteiger partial charge in [-0.3, -0.25) is 0 Å². The van der Waals surface area contributed by atoms with Crippen LogP contribution in [0.2, 0.25) is 0 Å². The van der Waals surface area contributed by atoms with Crippen LogP contribution in [-0.2, 0) is 0 Å². The van der Waals surface area contributed by atoms with Crippen LogP contribution in [-0.4, -0.2) is 21.7 Å². The fourth-order valence-corrected chi connectivity index (χ4v) is 1.36. The molecule has 0 atom stereocenters. The minimum atomic E-state index is 0. The Balaban J connectivity index is 0.000000490. The van der Waals surface area contributed by atoms with Crippen molar-refractivity contribution in [3.8, 4) is 0 Å². The molecule has 0 N–H and O–H groups in total. The van der Waals surface area contributed by atoms with Crippen LogP contribution in [0.25, 0.3) is 0 Å². The van der Waals surface area contributed by atoms with Gasteiger partial charge in [0.1, 0.15) is 0 Å². The molecule has 42 valence electrons. The monoisotopic (exact) mass is 184 g/mol. The van der Waals surface area contributed by atoms with Crippen molar-refractivity contribution < 1.29 is 17.0 Å². The summed E-state index contributed by atoms with van der Waals surface area (Å²) in [6.07, 6.45) is 7.90. The first-order valence-corrected chi connectivity index (χ1v) is 3.61. The quantitative estimate of drug-likeness (QED) is 0.408. The number of hydrogen-bond acceptors (Lipinski definition) is 0. The maximum absolute atomic E-state index is 2.36. The fourth-order valence-electron chi connectivity index (χ4n) is 0.905. The molecule has 0 nitrogen and oxygen atoms in total. The molecular formula is C6H9BrMg. The predicted molar refractivity (Wildman–Crippen MR) is 32.3 cm³/mol. The Hall–Kier alpha value is 0.986. The van der Waals surface area contributed by atoms with Crippen molar-refractivity contribution in [2.75, 3.05) is 0 Å². The molecule has 1 rings (SSSR count). The molecular weight excluding hydrogens is 176 g/mol. The van der Waals surface area contributed by atoms with E-state index in [1.807, 2.05) is 21.7 Å². The summed E-state index contributed by atoms with van der Waals surface area (Å²) < 4.78 is 1.62. The van der Waals surface area contributed by atoms with Crippen LogP contribution >= 0.6 is 0 Å². The first-order valence-electron chi connectivity index (χ1n) is 2.90. The van der Waals surface area contributed by atoms with Crippen LogP contribution in [0.1, 0.15) is 25.7 Å². The zero-order valence-electron chi connectivity index (χ0n) is 4.99. The molecule has 1 aliphatic carbocycles. The van der Waals surface area contributed by atoms with Crippen molar-refractivity contribution in [2.24, 2.45) is 0 Å². The van der Waals surface area contributed by atoms with Gasteiger partial charge in [0.05, 0.1) is 0 Å². The second-order valence-electron chi connectivity index (χ2n) is 2.11. The first-order chi connectivity index (χ1) is 3.39. The number of rotatable bonds is 0. The van der Waals surface area contributed by atoms with Crippen molar-refractivity contribution in [3.63, 3.8) is 0 Å². The molecule has 2 heteroatoms. The molecule has 0 fully saturated rings. The third kappa shape index (κ3) is 3.10. The molecule has 0 heterocycles. The van der Waals surface area contributed by atoms with Crippen molar-refractivity contribution in [1.82, 2.24) is 0 Å². The molecule has 0 bridgehead atoms. The summed E-state index contributed by atoms with van der Waals surface area (Å²) in [5, 5.41) is 0. The maximum atomic E-state index is 2.36. The number of hydrogen-bond donors (Lipinski definition) is 0. The Labute approximate surface area is 73.9 Å². The SMILES string of the molecule is [Br-].[Mg+][C]1=CCCCC1. The zero-order chi connectivity index (χ0) is 5.11. The van der Waals surface area contributed by atoms with Crippen LogP contribution in [0.4, 0.5) is 0 Å². The van der Waals surface area contributed by atoms with Gasteiger partial charge >= 0.3 is 57.2 Å². The Morgan fingerprint density at radius 2 is 2.12 bits per heavy atom. The van der Waals surface area contributed by atoms with E-state index < -0.39 is 0 Å². The number of halogens is 1. The summed E-state index contributed by atoms with van der Waals surface area (Å²) in [6, 6.07) is 0. The third-order valence-electron chi connectivity index (χ3n) is 1.39. The normalized spacial score (nSPS) is 19.0. The topological polar surface area (TPSA) is 0 Å². The molecule has 0 unspecified atom stereocenters. The Kier molecular flexibility index (Phi) is 5.42. The summed E-state index contributed by atoms with van der Waals surface area (Å²) in [7, 11) is 0. The van der Waals surface area contributed by atoms with Crippen molar-refractivity contribution in [2.45, 2.75) is 25.7 Å². The second kappa shape index (κ2) is 4.83. The van der Waals surface area contributed by atoms with Gasteiger partial charge in [-0.05, 0) is 0 Å². The van der Waals surface area contributed by atoms with Gasteiger partial charge in [-0.2, -0.15) is 0 Å². The van der Waals surface area contributed by atoms with Crippen LogP contribution in [0.5, 0.6) is 0 Å². The summed E-state index contributed by atoms with van der Waals surface area (Å²) in [5.41, 5.74) is 0. The van der Waals surface area contributed by atoms with Gasteiger partial charge in [-0.15, -0.1) is 0 Å². The summed E-state index contributed by atoms with van der Waals surface area (Å²) in [4.78, 5) is 0. The van der Waals surface area contributed by atoms with Gasteiger partial charge in [0, 0.05) is 0 Å². The van der Waals surface area contributed by atoms with E-state index in [2.05, 4.69) is 6.08 Å². The second-order valence-corrected chi connectivity index (χ2v) is 3.02. The van der Waals surface area contributed by atoms with Gasteiger partial charge in [0.2, 0.25) is 0 Å². The van der Waals surface area contributed by atoms with E-state index in [1.165, 1.54) is 25.7 Å². The molecule has 0 aromatic carbocycles. The average molecular weight is 185 g/mol. The molecule has 8 heavy (non-hydrogen) atoms. The molecule has 0 aromatic heterocycles. The van der Waals surface area contributed by atoms with E-state index in [4.69, 9.17) is 0 Å². The van der Waals surface area contributed by atoms with Gasteiger partial charge in [0.25, 0.3) is 0 Å². The minimum absolute atomic E-state index is 0. The molecule has 0 spiro atoms. The van der Waals surface area contributed by atoms with Gasteiger partial charge in [0.15, 0.2) is 0 Å². The van der Waals surface area contributed by atoms with Gasteiger partial charge in [-0.25, -0.2) is 0 Å². The van der Waals surface area contributed by atoms with E-state index in [0.29, 0.717) is 0 Å². The van der Waals surface area contributed by atoms with Crippen molar-refractivity contribution in [1.29, 1.82) is 0 Å². The van der Waals surface area contributed by atoms with Gasteiger partial charge in [-0.1, -0.05) is 0 Å². The van der Waals surface area contributed by atoms with E-state index in [0.717, 1.165) is 0 Å². The fraction of sp³-hybridized carbons (Fsp3) is 0.667. The van der Waals surface area contributed by atoms with Gasteiger partial charge < -0.3 is 17.0 Å². The molecule has 0 aromatic rings. The summed E-state index contributed by atoms with van der Waals surface area (Å²) in [5.74, 6) is 0. The third-order valence-corrected chi connectivity index (χ3v) is 2.03. The molecule has 0 aliphatic heterocycles. The van der Waals surface area contributed by atoms with Crippen molar-refractivity contribution in [3.05, 3.63) is 9.78 Å². The van der Waals surface area contributed by atoms with Crippen molar-refractivity contribution >= 4 is 21.7 Å². The van der Waals surface area contributed by atoms with Crippen LogP contribution in [0, 0.1) is 0 Å². The molecule has 0 amide bonds. The van der Waals surface area contributed by atoms with E-state index in [9.17, 15) is 0 Å². The Morgan fingerprint density at radius 1 is 1.38 bits per heavy atom. The zero-order valence-corrected chi connectivity index (χ0v) is 7.99. The average Bonchev–Trinajstić information content (AvgIpc) is 1.69. The Morgan fingerprint density at radius 3 is 2.38 bits per heavy atom. The first kappa shape index (κ1) is 8.99. The van der Waals surface area contributed by atoms with E-state index in [-0.39, 0.29) is 17.0 Å². The molecule has 1 aliphatic rings. The van der Waals surface area contributed by atoms with Crippen LogP contribution in [0.15, 0.2) is 9.78 Å². The van der Waals surface area contributed by atoms with E-state index in [1.54, 1.807) is 3.70 Å². The summed E-state index contributed by atoms with van der Waals surface area (Å²) in [6.45, 7) is 0. The number of allylic oxidation sites excluding steroid dienone is 2. The van der Waals surface area contributed by atoms with Crippen LogP contribution in [0.3, 0.4) is 0 Å². The molecule has 0 saturated carbocycles. The molecule has 0 radical (unpaired) electrons. The Bertz CT molecular complexity index is 88.5. The molecule has 0 saturated heterocycles. The predicted octanol–water partition coefficient (Wildman–Crippen LogP) is -1.38. The van der Waals surface area contributed by atoms with Crippen LogP contribution < -0.4 is 17.0 Å². The summed E-state index contributed by atoms with van der Waals surface area (Å²) >= 11 is 2.04.